The third-order valence-electron chi connectivity index (χ3n) is 4.55. The second kappa shape index (κ2) is 6.29. The second-order valence-electron chi connectivity index (χ2n) is 6.33. The van der Waals surface area contributed by atoms with Crippen molar-refractivity contribution in [2.45, 2.75) is 52.5 Å². The van der Waals surface area contributed by atoms with Gasteiger partial charge in [-0.2, -0.15) is 0 Å². The van der Waals surface area contributed by atoms with Crippen LogP contribution in [0.15, 0.2) is 18.2 Å². The van der Waals surface area contributed by atoms with Crippen molar-refractivity contribution in [3.8, 4) is 0 Å². The fraction of sp³-hybridized carbons (Fsp3) is 0.588. The van der Waals surface area contributed by atoms with Crippen LogP contribution in [0.1, 0.15) is 55.5 Å². The number of benzene rings is 1. The van der Waals surface area contributed by atoms with Crippen molar-refractivity contribution in [3.63, 3.8) is 0 Å². The van der Waals surface area contributed by atoms with Crippen LogP contribution in [0.3, 0.4) is 0 Å². The van der Waals surface area contributed by atoms with Crippen LogP contribution in [-0.2, 0) is 0 Å². The van der Waals surface area contributed by atoms with E-state index in [1.165, 1.54) is 25.7 Å². The molecule has 0 bridgehead atoms. The van der Waals surface area contributed by atoms with E-state index in [1.54, 1.807) is 12.1 Å². The van der Waals surface area contributed by atoms with Gasteiger partial charge in [0.2, 0.25) is 0 Å². The zero-order valence-electron chi connectivity index (χ0n) is 12.6. The van der Waals surface area contributed by atoms with Crippen LogP contribution in [0.4, 0.5) is 5.69 Å². The molecule has 3 heteroatoms. The molecule has 0 amide bonds. The number of hydrogen-bond acceptors (Lipinski definition) is 2. The zero-order chi connectivity index (χ0) is 14.7. The van der Waals surface area contributed by atoms with E-state index < -0.39 is 5.97 Å². The molecule has 0 heterocycles. The Kier molecular flexibility index (Phi) is 4.69. The number of carbonyl (C=O) groups is 1. The maximum absolute atomic E-state index is 10.9. The molecule has 0 aliphatic heterocycles. The molecule has 1 aromatic rings. The van der Waals surface area contributed by atoms with E-state index in [0.717, 1.165) is 23.1 Å². The minimum absolute atomic E-state index is 0.358. The molecule has 0 spiro atoms. The summed E-state index contributed by atoms with van der Waals surface area (Å²) in [6.45, 7) is 6.59. The summed E-state index contributed by atoms with van der Waals surface area (Å²) in [4.78, 5) is 10.9. The largest absolute Gasteiger partial charge is 0.478 e. The predicted octanol–water partition coefficient (Wildman–Crippen LogP) is 4.32. The van der Waals surface area contributed by atoms with E-state index in [1.807, 2.05) is 13.0 Å². The highest BCUT2D eigenvalue weighted by molar-refractivity contribution is 5.88. The molecule has 0 unspecified atom stereocenters. The first-order valence-electron chi connectivity index (χ1n) is 7.58. The van der Waals surface area contributed by atoms with Crippen LogP contribution < -0.4 is 5.32 Å². The average molecular weight is 275 g/mol. The monoisotopic (exact) mass is 275 g/mol. The Hall–Kier alpha value is -1.51. The number of hydrogen-bond donors (Lipinski definition) is 2. The standard InChI is InChI=1S/C17H25NO2/c1-11(2)13-4-7-15(8-5-13)18-16-9-6-14(17(19)20)10-12(16)3/h6,9-11,13,15,18H,4-5,7-8H2,1-3H3,(H,19,20). The van der Waals surface area contributed by atoms with Crippen LogP contribution in [-0.4, -0.2) is 17.1 Å². The van der Waals surface area contributed by atoms with Crippen molar-refractivity contribution in [1.82, 2.24) is 0 Å². The number of nitrogens with one attached hydrogen (secondary N) is 1. The van der Waals surface area contributed by atoms with Gasteiger partial charge in [-0.15, -0.1) is 0 Å². The van der Waals surface area contributed by atoms with Crippen LogP contribution >= 0.6 is 0 Å². The predicted molar refractivity (Wildman–Crippen MR) is 82.3 cm³/mol. The van der Waals surface area contributed by atoms with Gasteiger partial charge in [-0.3, -0.25) is 0 Å². The molecule has 0 atom stereocenters. The van der Waals surface area contributed by atoms with Gasteiger partial charge in [0.15, 0.2) is 0 Å². The molecule has 1 aliphatic rings. The Morgan fingerprint density at radius 2 is 1.90 bits per heavy atom. The van der Waals surface area contributed by atoms with Gasteiger partial charge in [0.25, 0.3) is 0 Å². The molecule has 110 valence electrons. The maximum atomic E-state index is 10.9. The number of anilines is 1. The molecular formula is C17H25NO2. The SMILES string of the molecule is Cc1cc(C(=O)O)ccc1NC1CCC(C(C)C)CC1. The Morgan fingerprint density at radius 1 is 1.25 bits per heavy atom. The van der Waals surface area contributed by atoms with Gasteiger partial charge >= 0.3 is 5.97 Å². The number of carboxylic acid groups (broad SMARTS) is 1. The second-order valence-corrected chi connectivity index (χ2v) is 6.33. The van der Waals surface area contributed by atoms with Crippen LogP contribution in [0.2, 0.25) is 0 Å². The van der Waals surface area contributed by atoms with Crippen molar-refractivity contribution < 1.29 is 9.90 Å². The molecule has 1 aliphatic carbocycles. The van der Waals surface area contributed by atoms with E-state index in [2.05, 4.69) is 19.2 Å². The molecule has 2 rings (SSSR count). The number of rotatable bonds is 4. The summed E-state index contributed by atoms with van der Waals surface area (Å²) in [6, 6.07) is 5.84. The summed E-state index contributed by atoms with van der Waals surface area (Å²) in [5.41, 5.74) is 2.44. The molecule has 1 aromatic carbocycles. The van der Waals surface area contributed by atoms with Gasteiger partial charge in [-0.25, -0.2) is 4.79 Å². The smallest absolute Gasteiger partial charge is 0.335 e. The van der Waals surface area contributed by atoms with Gasteiger partial charge < -0.3 is 10.4 Å². The summed E-state index contributed by atoms with van der Waals surface area (Å²) in [7, 11) is 0. The highest BCUT2D eigenvalue weighted by Crippen LogP contribution is 2.31. The molecular weight excluding hydrogens is 250 g/mol. The van der Waals surface area contributed by atoms with E-state index >= 15 is 0 Å². The minimum Gasteiger partial charge on any atom is -0.478 e. The maximum Gasteiger partial charge on any atom is 0.335 e. The highest BCUT2D eigenvalue weighted by Gasteiger charge is 2.23. The normalized spacial score (nSPS) is 22.8. The minimum atomic E-state index is -0.864. The molecule has 1 saturated carbocycles. The lowest BCUT2D eigenvalue weighted by atomic mass is 9.79. The Balaban J connectivity index is 1.96. The van der Waals surface area contributed by atoms with Crippen LogP contribution in [0, 0.1) is 18.8 Å². The van der Waals surface area contributed by atoms with Crippen molar-refractivity contribution in [3.05, 3.63) is 29.3 Å². The van der Waals surface area contributed by atoms with E-state index in [4.69, 9.17) is 5.11 Å². The van der Waals surface area contributed by atoms with Crippen molar-refractivity contribution in [1.29, 1.82) is 0 Å². The molecule has 1 fully saturated rings. The summed E-state index contributed by atoms with van der Waals surface area (Å²) >= 11 is 0. The topological polar surface area (TPSA) is 49.3 Å². The van der Waals surface area contributed by atoms with E-state index in [-0.39, 0.29) is 0 Å². The fourth-order valence-electron chi connectivity index (χ4n) is 3.11. The molecule has 0 radical (unpaired) electrons. The number of aromatic carboxylic acids is 1. The van der Waals surface area contributed by atoms with Gasteiger partial charge in [0.1, 0.15) is 0 Å². The molecule has 0 saturated heterocycles. The van der Waals surface area contributed by atoms with E-state index in [0.29, 0.717) is 11.6 Å². The van der Waals surface area contributed by atoms with Crippen molar-refractivity contribution in [2.24, 2.45) is 11.8 Å². The third-order valence-corrected chi connectivity index (χ3v) is 4.55. The lowest BCUT2D eigenvalue weighted by Crippen LogP contribution is -2.28. The van der Waals surface area contributed by atoms with Gasteiger partial charge in [-0.05, 0) is 68.2 Å². The van der Waals surface area contributed by atoms with Gasteiger partial charge in [0, 0.05) is 11.7 Å². The Labute approximate surface area is 121 Å². The van der Waals surface area contributed by atoms with E-state index in [9.17, 15) is 4.79 Å². The molecule has 20 heavy (non-hydrogen) atoms. The summed E-state index contributed by atoms with van der Waals surface area (Å²) in [5, 5.41) is 12.6. The Bertz CT molecular complexity index is 474. The van der Waals surface area contributed by atoms with Gasteiger partial charge in [-0.1, -0.05) is 13.8 Å². The first-order valence-corrected chi connectivity index (χ1v) is 7.58. The quantitative estimate of drug-likeness (QED) is 0.860. The molecule has 2 N–H and O–H groups in total. The lowest BCUT2D eigenvalue weighted by Gasteiger charge is -2.32. The van der Waals surface area contributed by atoms with Crippen molar-refractivity contribution >= 4 is 11.7 Å². The van der Waals surface area contributed by atoms with Crippen molar-refractivity contribution in [2.75, 3.05) is 5.32 Å². The zero-order valence-corrected chi connectivity index (χ0v) is 12.6. The first-order chi connectivity index (χ1) is 9.47. The number of carboxylic acids is 1. The molecule has 3 nitrogen and oxygen atoms in total. The summed E-state index contributed by atoms with van der Waals surface area (Å²) in [5.74, 6) is 0.785. The summed E-state index contributed by atoms with van der Waals surface area (Å²) < 4.78 is 0. The van der Waals surface area contributed by atoms with Crippen LogP contribution in [0.5, 0.6) is 0 Å². The van der Waals surface area contributed by atoms with Gasteiger partial charge in [0.05, 0.1) is 5.56 Å². The fourth-order valence-corrected chi connectivity index (χ4v) is 3.11. The van der Waals surface area contributed by atoms with Crippen LogP contribution in [0.25, 0.3) is 0 Å². The summed E-state index contributed by atoms with van der Waals surface area (Å²) in [6.07, 6.45) is 5.01. The molecule has 0 aromatic heterocycles. The first kappa shape index (κ1) is 14.9. The lowest BCUT2D eigenvalue weighted by molar-refractivity contribution is 0.0697. The number of aryl methyl sites for hydroxylation is 1. The third kappa shape index (κ3) is 3.53. The average Bonchev–Trinajstić information content (AvgIpc) is 2.41. The highest BCUT2D eigenvalue weighted by atomic mass is 16.4. The Morgan fingerprint density at radius 3 is 2.40 bits per heavy atom.